The van der Waals surface area contributed by atoms with Crippen LogP contribution in [0.4, 0.5) is 0 Å². The van der Waals surface area contributed by atoms with Crippen molar-refractivity contribution in [2.45, 2.75) is 103 Å². The Labute approximate surface area is 119 Å². The minimum absolute atomic E-state index is 0.292. The Balaban J connectivity index is 1.95. The van der Waals surface area contributed by atoms with Crippen molar-refractivity contribution in [2.75, 3.05) is 0 Å². The number of rotatable bonds is 9. The summed E-state index contributed by atoms with van der Waals surface area (Å²) in [6.07, 6.45) is 17.4. The summed E-state index contributed by atoms with van der Waals surface area (Å²) in [6.45, 7) is 2.25. The van der Waals surface area contributed by atoms with Gasteiger partial charge in [0.1, 0.15) is 0 Å². The molecule has 1 amide bonds. The minimum Gasteiger partial charge on any atom is -0.353 e. The van der Waals surface area contributed by atoms with Crippen molar-refractivity contribution in [2.24, 2.45) is 0 Å². The summed E-state index contributed by atoms with van der Waals surface area (Å²) in [4.78, 5) is 11.8. The van der Waals surface area contributed by atoms with E-state index in [0.717, 1.165) is 12.8 Å². The van der Waals surface area contributed by atoms with Crippen LogP contribution in [-0.2, 0) is 4.79 Å². The monoisotopic (exact) mass is 267 g/mol. The van der Waals surface area contributed by atoms with Crippen molar-refractivity contribution in [1.82, 2.24) is 5.32 Å². The van der Waals surface area contributed by atoms with E-state index in [2.05, 4.69) is 12.2 Å². The molecule has 2 heteroatoms. The quantitative estimate of drug-likeness (QED) is 0.464. The van der Waals surface area contributed by atoms with Gasteiger partial charge in [-0.05, 0) is 19.3 Å². The van der Waals surface area contributed by atoms with Gasteiger partial charge >= 0.3 is 0 Å². The van der Waals surface area contributed by atoms with Crippen molar-refractivity contribution in [3.05, 3.63) is 0 Å². The molecule has 0 bridgehead atoms. The first kappa shape index (κ1) is 16.5. The molecule has 0 aliphatic heterocycles. The highest BCUT2D eigenvalue weighted by atomic mass is 16.1. The zero-order chi connectivity index (χ0) is 13.8. The van der Waals surface area contributed by atoms with Crippen LogP contribution >= 0.6 is 0 Å². The second-order valence-corrected chi connectivity index (χ2v) is 6.13. The minimum atomic E-state index is 0.292. The Kier molecular flexibility index (Phi) is 9.84. The maximum Gasteiger partial charge on any atom is 0.220 e. The van der Waals surface area contributed by atoms with Crippen LogP contribution in [0.3, 0.4) is 0 Å². The van der Waals surface area contributed by atoms with E-state index in [-0.39, 0.29) is 0 Å². The van der Waals surface area contributed by atoms with Crippen LogP contribution in [0.1, 0.15) is 96.8 Å². The third kappa shape index (κ3) is 9.07. The van der Waals surface area contributed by atoms with Gasteiger partial charge in [0, 0.05) is 12.5 Å². The first-order chi connectivity index (χ1) is 9.33. The average molecular weight is 267 g/mol. The molecule has 0 aromatic heterocycles. The van der Waals surface area contributed by atoms with E-state index in [1.54, 1.807) is 0 Å². The lowest BCUT2D eigenvalue weighted by Gasteiger charge is -2.16. The third-order valence-corrected chi connectivity index (χ3v) is 4.23. The molecule has 1 saturated carbocycles. The maximum atomic E-state index is 11.8. The van der Waals surface area contributed by atoms with Gasteiger partial charge in [-0.15, -0.1) is 0 Å². The van der Waals surface area contributed by atoms with Crippen LogP contribution in [0.2, 0.25) is 0 Å². The van der Waals surface area contributed by atoms with Gasteiger partial charge in [-0.2, -0.15) is 0 Å². The summed E-state index contributed by atoms with van der Waals surface area (Å²) in [5, 5.41) is 3.23. The number of carbonyl (C=O) groups excluding carboxylic acids is 1. The Bertz CT molecular complexity index is 219. The lowest BCUT2D eigenvalue weighted by atomic mass is 10.1. The van der Waals surface area contributed by atoms with E-state index in [9.17, 15) is 4.79 Å². The summed E-state index contributed by atoms with van der Waals surface area (Å²) in [6, 6.07) is 0.472. The van der Waals surface area contributed by atoms with Gasteiger partial charge in [-0.25, -0.2) is 0 Å². The largest absolute Gasteiger partial charge is 0.353 e. The summed E-state index contributed by atoms with van der Waals surface area (Å²) < 4.78 is 0. The second-order valence-electron chi connectivity index (χ2n) is 6.13. The molecule has 0 saturated heterocycles. The van der Waals surface area contributed by atoms with Crippen LogP contribution in [0.25, 0.3) is 0 Å². The summed E-state index contributed by atoms with van der Waals surface area (Å²) in [7, 11) is 0. The van der Waals surface area contributed by atoms with Crippen molar-refractivity contribution < 1.29 is 4.79 Å². The Morgan fingerprint density at radius 1 is 0.895 bits per heavy atom. The normalized spacial score (nSPS) is 17.1. The molecule has 0 aromatic rings. The molecule has 112 valence electrons. The van der Waals surface area contributed by atoms with E-state index < -0.39 is 0 Å². The first-order valence-electron chi connectivity index (χ1n) is 8.62. The number of amides is 1. The van der Waals surface area contributed by atoms with Gasteiger partial charge in [-0.1, -0.05) is 71.1 Å². The molecule has 0 heterocycles. The molecule has 1 aliphatic carbocycles. The zero-order valence-electron chi connectivity index (χ0n) is 12.9. The molecule has 1 aliphatic rings. The van der Waals surface area contributed by atoms with Crippen LogP contribution in [0.5, 0.6) is 0 Å². The highest BCUT2D eigenvalue weighted by Gasteiger charge is 2.14. The fourth-order valence-corrected chi connectivity index (χ4v) is 2.97. The fourth-order valence-electron chi connectivity index (χ4n) is 2.97. The molecule has 0 atom stereocenters. The maximum absolute atomic E-state index is 11.8. The number of hydrogen-bond acceptors (Lipinski definition) is 1. The molecule has 1 rings (SSSR count). The summed E-state index contributed by atoms with van der Waals surface area (Å²) in [5.41, 5.74) is 0. The van der Waals surface area contributed by atoms with Crippen molar-refractivity contribution >= 4 is 5.91 Å². The van der Waals surface area contributed by atoms with E-state index in [0.29, 0.717) is 11.9 Å². The topological polar surface area (TPSA) is 29.1 Å². The van der Waals surface area contributed by atoms with E-state index >= 15 is 0 Å². The summed E-state index contributed by atoms with van der Waals surface area (Å²) in [5.74, 6) is 0.292. The molecule has 1 N–H and O–H groups in total. The second kappa shape index (κ2) is 11.3. The van der Waals surface area contributed by atoms with Gasteiger partial charge in [0.25, 0.3) is 0 Å². The molecule has 0 spiro atoms. The number of unbranched alkanes of at least 4 members (excludes halogenated alkanes) is 6. The summed E-state index contributed by atoms with van der Waals surface area (Å²) >= 11 is 0. The molecule has 2 nitrogen and oxygen atoms in total. The predicted octanol–water partition coefficient (Wildman–Crippen LogP) is 4.97. The fraction of sp³-hybridized carbons (Fsp3) is 0.941. The lowest BCUT2D eigenvalue weighted by Crippen LogP contribution is -2.34. The number of hydrogen-bond donors (Lipinski definition) is 1. The van der Waals surface area contributed by atoms with E-state index in [4.69, 9.17) is 0 Å². The van der Waals surface area contributed by atoms with E-state index in [1.807, 2.05) is 0 Å². The first-order valence-corrected chi connectivity index (χ1v) is 8.62. The van der Waals surface area contributed by atoms with Gasteiger partial charge in [0.05, 0.1) is 0 Å². The molecular formula is C17H33NO. The van der Waals surface area contributed by atoms with Crippen molar-refractivity contribution in [3.63, 3.8) is 0 Å². The highest BCUT2D eigenvalue weighted by Crippen LogP contribution is 2.17. The van der Waals surface area contributed by atoms with Gasteiger partial charge in [-0.3, -0.25) is 4.79 Å². The van der Waals surface area contributed by atoms with Crippen LogP contribution < -0.4 is 5.32 Å². The zero-order valence-corrected chi connectivity index (χ0v) is 12.9. The van der Waals surface area contributed by atoms with Gasteiger partial charge < -0.3 is 5.32 Å². The van der Waals surface area contributed by atoms with Crippen LogP contribution in [-0.4, -0.2) is 11.9 Å². The van der Waals surface area contributed by atoms with Gasteiger partial charge in [0.2, 0.25) is 5.91 Å². The molecule has 1 fully saturated rings. The smallest absolute Gasteiger partial charge is 0.220 e. The SMILES string of the molecule is CCCCCCCCCC(=O)NC1CCCCCC1. The Hall–Kier alpha value is -0.530. The van der Waals surface area contributed by atoms with E-state index in [1.165, 1.54) is 77.0 Å². The van der Waals surface area contributed by atoms with Crippen LogP contribution in [0.15, 0.2) is 0 Å². The number of nitrogens with one attached hydrogen (secondary N) is 1. The standard InChI is InChI=1S/C17H33NO/c1-2-3-4-5-6-7-12-15-17(19)18-16-13-10-8-9-11-14-16/h16H,2-15H2,1H3,(H,18,19). The number of carbonyl (C=O) groups is 1. The van der Waals surface area contributed by atoms with Crippen molar-refractivity contribution in [1.29, 1.82) is 0 Å². The van der Waals surface area contributed by atoms with Gasteiger partial charge in [0.15, 0.2) is 0 Å². The Morgan fingerprint density at radius 3 is 2.11 bits per heavy atom. The lowest BCUT2D eigenvalue weighted by molar-refractivity contribution is -0.122. The predicted molar refractivity (Wildman–Crippen MR) is 82.2 cm³/mol. The Morgan fingerprint density at radius 2 is 1.47 bits per heavy atom. The molecule has 0 aromatic carbocycles. The highest BCUT2D eigenvalue weighted by molar-refractivity contribution is 5.76. The molecule has 19 heavy (non-hydrogen) atoms. The molecular weight excluding hydrogens is 234 g/mol. The molecule has 0 unspecified atom stereocenters. The molecule has 0 radical (unpaired) electrons. The van der Waals surface area contributed by atoms with Crippen molar-refractivity contribution in [3.8, 4) is 0 Å². The average Bonchev–Trinajstić information content (AvgIpc) is 2.66. The third-order valence-electron chi connectivity index (χ3n) is 4.23. The van der Waals surface area contributed by atoms with Crippen LogP contribution in [0, 0.1) is 0 Å².